The summed E-state index contributed by atoms with van der Waals surface area (Å²) >= 11 is 3.91. The summed E-state index contributed by atoms with van der Waals surface area (Å²) in [5.74, 6) is -1.16. The van der Waals surface area contributed by atoms with Crippen molar-refractivity contribution < 1.29 is 21.2 Å². The average molecular weight is 349 g/mol. The number of amides is 1. The van der Waals surface area contributed by atoms with Crippen LogP contribution in [0.4, 0.5) is 0 Å². The lowest BCUT2D eigenvalue weighted by atomic mass is 10.1. The predicted molar refractivity (Wildman–Crippen MR) is 95.9 cm³/mol. The van der Waals surface area contributed by atoms with E-state index in [2.05, 4.69) is 17.9 Å². The van der Waals surface area contributed by atoms with Gasteiger partial charge in [0.2, 0.25) is 5.91 Å². The Morgan fingerprint density at radius 2 is 1.35 bits per heavy atom. The number of hydrogen-bond donors (Lipinski definition) is 4. The quantitative estimate of drug-likeness (QED) is 0.255. The number of thiol groups is 1. The number of carbonyl (C=O) groups excluding carboxylic acids is 1. The molecule has 1 amide bonds. The number of rotatable bonds is 16. The topological polar surface area (TPSA) is 86.6 Å². The molecule has 0 aromatic rings. The standard InChI is InChI=1S/C17H33NO4S/c19-13-11-9-7-5-3-1-2-4-6-8-10-12-16(20)18-15(14-23)17(21)22/h15,19,23H,1-14H2,(H,18,20)(H,21,22)/t15-/m0/s1/i13D/t13?,15-. The summed E-state index contributed by atoms with van der Waals surface area (Å²) in [6.45, 7) is -0.917. The van der Waals surface area contributed by atoms with Crippen molar-refractivity contribution in [1.29, 1.82) is 0 Å². The first-order chi connectivity index (χ1) is 11.5. The van der Waals surface area contributed by atoms with Crippen molar-refractivity contribution >= 4 is 24.5 Å². The molecule has 0 saturated heterocycles. The second kappa shape index (κ2) is 16.1. The minimum atomic E-state index is -1.05. The number of aliphatic hydroxyl groups excluding tert-OH is 1. The van der Waals surface area contributed by atoms with E-state index in [9.17, 15) is 9.59 Å². The van der Waals surface area contributed by atoms with E-state index < -0.39 is 18.6 Å². The van der Waals surface area contributed by atoms with Gasteiger partial charge in [0.1, 0.15) is 6.04 Å². The highest BCUT2D eigenvalue weighted by atomic mass is 32.1. The van der Waals surface area contributed by atoms with Gasteiger partial charge in [-0.1, -0.05) is 57.8 Å². The largest absolute Gasteiger partial charge is 0.480 e. The third kappa shape index (κ3) is 14.6. The van der Waals surface area contributed by atoms with E-state index in [4.69, 9.17) is 11.6 Å². The number of carboxylic acid groups (broad SMARTS) is 1. The molecule has 0 spiro atoms. The second-order valence-corrected chi connectivity index (χ2v) is 6.26. The zero-order valence-corrected chi connectivity index (χ0v) is 14.9. The molecule has 0 aromatic carbocycles. The van der Waals surface area contributed by atoms with E-state index in [1.54, 1.807) is 0 Å². The van der Waals surface area contributed by atoms with Crippen LogP contribution >= 0.6 is 12.6 Å². The van der Waals surface area contributed by atoms with Crippen molar-refractivity contribution in [2.75, 3.05) is 12.3 Å². The molecule has 0 heterocycles. The molecule has 3 N–H and O–H groups in total. The molecule has 5 nitrogen and oxygen atoms in total. The van der Waals surface area contributed by atoms with Crippen LogP contribution in [-0.4, -0.2) is 40.5 Å². The molecule has 2 atom stereocenters. The Bertz CT molecular complexity index is 343. The number of carbonyl (C=O) groups is 2. The Hall–Kier alpha value is -0.750. The molecule has 1 unspecified atom stereocenters. The summed E-state index contributed by atoms with van der Waals surface area (Å²) in [6.07, 6.45) is 11.8. The van der Waals surface area contributed by atoms with Gasteiger partial charge in [0.25, 0.3) is 0 Å². The van der Waals surface area contributed by atoms with Crippen LogP contribution in [0.1, 0.15) is 78.4 Å². The van der Waals surface area contributed by atoms with Crippen LogP contribution in [0.25, 0.3) is 0 Å². The van der Waals surface area contributed by atoms with Crippen molar-refractivity contribution in [1.82, 2.24) is 5.32 Å². The van der Waals surface area contributed by atoms with Gasteiger partial charge in [-0.05, 0) is 12.8 Å². The molecule has 0 rings (SSSR count). The Labute approximate surface area is 147 Å². The Morgan fingerprint density at radius 1 is 0.913 bits per heavy atom. The number of unbranched alkanes of at least 4 members (excludes halogenated alkanes) is 9. The molecule has 0 aliphatic rings. The van der Waals surface area contributed by atoms with E-state index in [1.165, 1.54) is 32.1 Å². The van der Waals surface area contributed by atoms with Gasteiger partial charge < -0.3 is 15.5 Å². The average Bonchev–Trinajstić information content (AvgIpc) is 2.53. The zero-order valence-electron chi connectivity index (χ0n) is 15.0. The lowest BCUT2D eigenvalue weighted by molar-refractivity contribution is -0.141. The van der Waals surface area contributed by atoms with Gasteiger partial charge in [-0.3, -0.25) is 4.79 Å². The van der Waals surface area contributed by atoms with Crippen LogP contribution < -0.4 is 5.32 Å². The molecule has 0 radical (unpaired) electrons. The molecule has 0 fully saturated rings. The minimum absolute atomic E-state index is 0.102. The summed E-state index contributed by atoms with van der Waals surface area (Å²) in [5, 5.41) is 20.1. The van der Waals surface area contributed by atoms with Crippen LogP contribution in [0.3, 0.4) is 0 Å². The van der Waals surface area contributed by atoms with Gasteiger partial charge in [0, 0.05) is 18.8 Å². The molecular weight excluding hydrogens is 314 g/mol. The van der Waals surface area contributed by atoms with Gasteiger partial charge in [-0.25, -0.2) is 4.79 Å². The third-order valence-corrected chi connectivity index (χ3v) is 4.17. The maximum Gasteiger partial charge on any atom is 0.327 e. The lowest BCUT2D eigenvalue weighted by Crippen LogP contribution is -2.42. The monoisotopic (exact) mass is 348 g/mol. The number of hydrogen-bond acceptors (Lipinski definition) is 4. The molecule has 6 heteroatoms. The van der Waals surface area contributed by atoms with Gasteiger partial charge >= 0.3 is 5.97 Å². The van der Waals surface area contributed by atoms with Crippen molar-refractivity contribution in [3.8, 4) is 0 Å². The summed E-state index contributed by atoms with van der Waals surface area (Å²) in [6, 6.07) is -0.898. The molecule has 0 aromatic heterocycles. The van der Waals surface area contributed by atoms with E-state index in [0.29, 0.717) is 12.8 Å². The summed E-state index contributed by atoms with van der Waals surface area (Å²) in [7, 11) is 0. The number of carboxylic acids is 1. The normalized spacial score (nSPS) is 14.1. The van der Waals surface area contributed by atoms with Gasteiger partial charge in [-0.15, -0.1) is 0 Å². The number of nitrogens with one attached hydrogen (secondary N) is 1. The highest BCUT2D eigenvalue weighted by molar-refractivity contribution is 7.80. The number of aliphatic hydroxyl groups is 1. The molecule has 23 heavy (non-hydrogen) atoms. The first-order valence-corrected chi connectivity index (χ1v) is 9.34. The Kier molecular flexibility index (Phi) is 14.2. The van der Waals surface area contributed by atoms with Gasteiger partial charge in [-0.2, -0.15) is 12.6 Å². The van der Waals surface area contributed by atoms with Gasteiger partial charge in [0.15, 0.2) is 0 Å². The van der Waals surface area contributed by atoms with Crippen molar-refractivity contribution in [2.45, 2.75) is 83.1 Å². The van der Waals surface area contributed by atoms with Crippen LogP contribution in [0.5, 0.6) is 0 Å². The predicted octanol–water partition coefficient (Wildman–Crippen LogP) is 3.16. The van der Waals surface area contributed by atoms with Crippen molar-refractivity contribution in [3.05, 3.63) is 0 Å². The second-order valence-electron chi connectivity index (χ2n) is 5.90. The fourth-order valence-corrected chi connectivity index (χ4v) is 2.63. The molecule has 0 saturated carbocycles. The highest BCUT2D eigenvalue weighted by Gasteiger charge is 2.17. The molecule has 0 aliphatic heterocycles. The third-order valence-electron chi connectivity index (χ3n) is 3.80. The zero-order chi connectivity index (χ0) is 18.2. The fraction of sp³-hybridized carbons (Fsp3) is 0.882. The van der Waals surface area contributed by atoms with E-state index >= 15 is 0 Å². The first-order valence-electron chi connectivity index (χ1n) is 9.28. The van der Waals surface area contributed by atoms with Crippen LogP contribution in [0.2, 0.25) is 0 Å². The summed E-state index contributed by atoms with van der Waals surface area (Å²) in [5.41, 5.74) is 0. The first kappa shape index (κ1) is 20.3. The molecule has 136 valence electrons. The maximum absolute atomic E-state index is 11.6. The van der Waals surface area contributed by atoms with E-state index in [1.807, 2.05) is 0 Å². The maximum atomic E-state index is 11.6. The summed E-state index contributed by atoms with van der Waals surface area (Å²) < 4.78 is 6.99. The fourth-order valence-electron chi connectivity index (χ4n) is 2.39. The molecule has 0 bridgehead atoms. The number of aliphatic carboxylic acids is 1. The van der Waals surface area contributed by atoms with E-state index in [-0.39, 0.29) is 11.7 Å². The van der Waals surface area contributed by atoms with Gasteiger partial charge in [0.05, 0.1) is 1.37 Å². The molecular formula is C17H33NO4S. The Balaban J connectivity index is 3.33. The SMILES string of the molecule is [2H]C(O)CCCCCCCCCCCCC(=O)N[C@@H](CS)C(=O)O. The van der Waals surface area contributed by atoms with Crippen LogP contribution in [0, 0.1) is 0 Å². The molecule has 0 aliphatic carbocycles. The van der Waals surface area contributed by atoms with Crippen LogP contribution in [-0.2, 0) is 9.59 Å². The summed E-state index contributed by atoms with van der Waals surface area (Å²) in [4.78, 5) is 22.4. The lowest BCUT2D eigenvalue weighted by Gasteiger charge is -2.11. The van der Waals surface area contributed by atoms with Crippen LogP contribution in [0.15, 0.2) is 0 Å². The van der Waals surface area contributed by atoms with Crippen molar-refractivity contribution in [2.24, 2.45) is 0 Å². The van der Waals surface area contributed by atoms with Crippen molar-refractivity contribution in [3.63, 3.8) is 0 Å². The van der Waals surface area contributed by atoms with E-state index in [0.717, 1.165) is 32.1 Å². The highest BCUT2D eigenvalue weighted by Crippen LogP contribution is 2.11. The Morgan fingerprint density at radius 3 is 1.74 bits per heavy atom. The smallest absolute Gasteiger partial charge is 0.327 e. The minimum Gasteiger partial charge on any atom is -0.480 e.